The minimum atomic E-state index is 0.476. The zero-order chi connectivity index (χ0) is 12.6. The molecule has 0 amide bonds. The molecule has 0 spiro atoms. The van der Waals surface area contributed by atoms with Crippen molar-refractivity contribution in [3.8, 4) is 11.3 Å². The first-order chi connectivity index (χ1) is 8.04. The van der Waals surface area contributed by atoms with Gasteiger partial charge in [-0.25, -0.2) is 4.98 Å². The number of nitrogens with two attached hydrogens (primary N) is 1. The summed E-state index contributed by atoms with van der Waals surface area (Å²) in [7, 11) is 2.03. The summed E-state index contributed by atoms with van der Waals surface area (Å²) in [4.78, 5) is 4.50. The van der Waals surface area contributed by atoms with Crippen molar-refractivity contribution < 1.29 is 0 Å². The van der Waals surface area contributed by atoms with Crippen LogP contribution < -0.4 is 5.73 Å². The van der Waals surface area contributed by atoms with Crippen molar-refractivity contribution in [3.05, 3.63) is 40.8 Å². The number of benzene rings is 1. The maximum Gasteiger partial charge on any atom is 0.106 e. The topological polar surface area (TPSA) is 43.8 Å². The van der Waals surface area contributed by atoms with E-state index in [1.807, 2.05) is 14.0 Å². The van der Waals surface area contributed by atoms with E-state index in [1.165, 1.54) is 16.7 Å². The molecule has 2 aromatic rings. The van der Waals surface area contributed by atoms with E-state index in [4.69, 9.17) is 5.73 Å². The van der Waals surface area contributed by atoms with Crippen molar-refractivity contribution in [1.29, 1.82) is 0 Å². The first-order valence-corrected chi connectivity index (χ1v) is 5.84. The highest BCUT2D eigenvalue weighted by Gasteiger charge is 2.13. The molecule has 0 unspecified atom stereocenters. The van der Waals surface area contributed by atoms with E-state index in [1.54, 1.807) is 0 Å². The van der Waals surface area contributed by atoms with Gasteiger partial charge in [-0.2, -0.15) is 0 Å². The SMILES string of the molecule is Cc1ccc(-c2c(CN)nc(C)n2C)cc1C. The van der Waals surface area contributed by atoms with E-state index >= 15 is 0 Å². The molecular formula is C14H19N3. The van der Waals surface area contributed by atoms with Gasteiger partial charge in [-0.05, 0) is 38.0 Å². The van der Waals surface area contributed by atoms with Crippen molar-refractivity contribution in [2.24, 2.45) is 12.8 Å². The van der Waals surface area contributed by atoms with Gasteiger partial charge in [0, 0.05) is 19.2 Å². The molecular weight excluding hydrogens is 210 g/mol. The molecule has 1 heterocycles. The molecule has 0 aliphatic rings. The lowest BCUT2D eigenvalue weighted by Crippen LogP contribution is -2.01. The fourth-order valence-corrected chi connectivity index (χ4v) is 2.07. The molecule has 90 valence electrons. The van der Waals surface area contributed by atoms with E-state index in [-0.39, 0.29) is 0 Å². The second-order valence-corrected chi connectivity index (χ2v) is 4.52. The van der Waals surface area contributed by atoms with E-state index < -0.39 is 0 Å². The predicted molar refractivity (Wildman–Crippen MR) is 70.7 cm³/mol. The average Bonchev–Trinajstić information content (AvgIpc) is 2.59. The van der Waals surface area contributed by atoms with E-state index in [0.29, 0.717) is 6.54 Å². The number of aryl methyl sites for hydroxylation is 3. The zero-order valence-corrected chi connectivity index (χ0v) is 10.9. The van der Waals surface area contributed by atoms with Crippen LogP contribution in [0.5, 0.6) is 0 Å². The summed E-state index contributed by atoms with van der Waals surface area (Å²) in [5.41, 5.74) is 11.7. The maximum absolute atomic E-state index is 5.76. The molecule has 0 aliphatic heterocycles. The largest absolute Gasteiger partial charge is 0.331 e. The molecule has 17 heavy (non-hydrogen) atoms. The van der Waals surface area contributed by atoms with Crippen LogP contribution in [0.1, 0.15) is 22.6 Å². The van der Waals surface area contributed by atoms with E-state index in [2.05, 4.69) is 41.6 Å². The Morgan fingerprint density at radius 2 is 1.88 bits per heavy atom. The normalized spacial score (nSPS) is 10.9. The molecule has 0 saturated carbocycles. The molecule has 0 fully saturated rings. The van der Waals surface area contributed by atoms with Gasteiger partial charge in [0.25, 0.3) is 0 Å². The lowest BCUT2D eigenvalue weighted by Gasteiger charge is -2.08. The maximum atomic E-state index is 5.76. The fraction of sp³-hybridized carbons (Fsp3) is 0.357. The monoisotopic (exact) mass is 229 g/mol. The van der Waals surface area contributed by atoms with Crippen LogP contribution in [0.2, 0.25) is 0 Å². The Bertz CT molecular complexity index is 553. The fourth-order valence-electron chi connectivity index (χ4n) is 2.07. The summed E-state index contributed by atoms with van der Waals surface area (Å²) in [5.74, 6) is 0.999. The van der Waals surface area contributed by atoms with Crippen molar-refractivity contribution in [3.63, 3.8) is 0 Å². The smallest absolute Gasteiger partial charge is 0.106 e. The highest BCUT2D eigenvalue weighted by Crippen LogP contribution is 2.25. The molecule has 1 aromatic heterocycles. The van der Waals surface area contributed by atoms with Crippen LogP contribution in [0.4, 0.5) is 0 Å². The van der Waals surface area contributed by atoms with Gasteiger partial charge in [0.1, 0.15) is 5.82 Å². The zero-order valence-electron chi connectivity index (χ0n) is 10.9. The molecule has 3 heteroatoms. The van der Waals surface area contributed by atoms with Gasteiger partial charge in [-0.15, -0.1) is 0 Å². The molecule has 0 radical (unpaired) electrons. The van der Waals surface area contributed by atoms with Crippen LogP contribution in [0.3, 0.4) is 0 Å². The van der Waals surface area contributed by atoms with Crippen LogP contribution >= 0.6 is 0 Å². The van der Waals surface area contributed by atoms with Gasteiger partial charge in [0.05, 0.1) is 11.4 Å². The molecule has 1 aromatic carbocycles. The van der Waals surface area contributed by atoms with Crippen LogP contribution in [0.25, 0.3) is 11.3 Å². The second-order valence-electron chi connectivity index (χ2n) is 4.52. The minimum absolute atomic E-state index is 0.476. The quantitative estimate of drug-likeness (QED) is 0.859. The number of hydrogen-bond acceptors (Lipinski definition) is 2. The number of aromatic nitrogens is 2. The molecule has 0 atom stereocenters. The minimum Gasteiger partial charge on any atom is -0.331 e. The van der Waals surface area contributed by atoms with Gasteiger partial charge in [0.2, 0.25) is 0 Å². The third kappa shape index (κ3) is 1.98. The molecule has 2 rings (SSSR count). The van der Waals surface area contributed by atoms with E-state index in [9.17, 15) is 0 Å². The van der Waals surface area contributed by atoms with Crippen LogP contribution in [0.15, 0.2) is 18.2 Å². The van der Waals surface area contributed by atoms with Crippen molar-refractivity contribution in [2.75, 3.05) is 0 Å². The second kappa shape index (κ2) is 4.34. The Labute approximate surface area is 102 Å². The highest BCUT2D eigenvalue weighted by atomic mass is 15.1. The summed E-state index contributed by atoms with van der Waals surface area (Å²) in [6, 6.07) is 6.48. The number of rotatable bonds is 2. The number of nitrogens with zero attached hydrogens (tertiary/aromatic N) is 2. The Hall–Kier alpha value is -1.61. The van der Waals surface area contributed by atoms with Crippen LogP contribution in [0, 0.1) is 20.8 Å². The van der Waals surface area contributed by atoms with Gasteiger partial charge in [-0.1, -0.05) is 12.1 Å². The van der Waals surface area contributed by atoms with Crippen molar-refractivity contribution in [2.45, 2.75) is 27.3 Å². The Morgan fingerprint density at radius 3 is 2.47 bits per heavy atom. The summed E-state index contributed by atoms with van der Waals surface area (Å²) in [5, 5.41) is 0. The summed E-state index contributed by atoms with van der Waals surface area (Å²) in [6.45, 7) is 6.73. The number of hydrogen-bond donors (Lipinski definition) is 1. The lowest BCUT2D eigenvalue weighted by molar-refractivity contribution is 0.865. The number of imidazole rings is 1. The van der Waals surface area contributed by atoms with Gasteiger partial charge >= 0.3 is 0 Å². The Kier molecular flexibility index (Phi) is 3.03. The summed E-state index contributed by atoms with van der Waals surface area (Å²) in [6.07, 6.45) is 0. The first-order valence-electron chi connectivity index (χ1n) is 5.84. The van der Waals surface area contributed by atoms with Gasteiger partial charge in [-0.3, -0.25) is 0 Å². The van der Waals surface area contributed by atoms with Gasteiger partial charge < -0.3 is 10.3 Å². The first kappa shape index (κ1) is 11.9. The van der Waals surface area contributed by atoms with E-state index in [0.717, 1.165) is 17.2 Å². The third-order valence-corrected chi connectivity index (χ3v) is 3.36. The standard InChI is InChI=1S/C14H19N3/c1-9-5-6-12(7-10(9)2)14-13(8-15)16-11(3)17(14)4/h5-7H,8,15H2,1-4H3. The van der Waals surface area contributed by atoms with Gasteiger partial charge in [0.15, 0.2) is 0 Å². The predicted octanol–water partition coefficient (Wildman–Crippen LogP) is 2.47. The van der Waals surface area contributed by atoms with Crippen LogP contribution in [-0.4, -0.2) is 9.55 Å². The average molecular weight is 229 g/mol. The van der Waals surface area contributed by atoms with Crippen molar-refractivity contribution >= 4 is 0 Å². The lowest BCUT2D eigenvalue weighted by atomic mass is 10.0. The molecule has 0 aliphatic carbocycles. The molecule has 0 bridgehead atoms. The summed E-state index contributed by atoms with van der Waals surface area (Å²) >= 11 is 0. The molecule has 3 nitrogen and oxygen atoms in total. The Balaban J connectivity index is 2.63. The molecule has 2 N–H and O–H groups in total. The van der Waals surface area contributed by atoms with Crippen LogP contribution in [-0.2, 0) is 13.6 Å². The summed E-state index contributed by atoms with van der Waals surface area (Å²) < 4.78 is 2.10. The molecule has 0 saturated heterocycles. The third-order valence-electron chi connectivity index (χ3n) is 3.36. The van der Waals surface area contributed by atoms with Crippen molar-refractivity contribution in [1.82, 2.24) is 9.55 Å². The highest BCUT2D eigenvalue weighted by molar-refractivity contribution is 5.64. The Morgan fingerprint density at radius 1 is 1.18 bits per heavy atom.